The zero-order valence-electron chi connectivity index (χ0n) is 25.2. The van der Waals surface area contributed by atoms with E-state index in [1.165, 1.54) is 0 Å². The number of para-hydroxylation sites is 1. The van der Waals surface area contributed by atoms with Crippen LogP contribution in [-0.4, -0.2) is 71.6 Å². The van der Waals surface area contributed by atoms with Crippen LogP contribution < -0.4 is 15.4 Å². The first-order valence-electron chi connectivity index (χ1n) is 15.3. The van der Waals surface area contributed by atoms with Gasteiger partial charge in [0.1, 0.15) is 6.10 Å². The third kappa shape index (κ3) is 6.77. The predicted octanol–water partition coefficient (Wildman–Crippen LogP) is 5.74. The Balaban J connectivity index is 1.42. The van der Waals surface area contributed by atoms with Crippen LogP contribution in [0.25, 0.3) is 10.8 Å². The lowest BCUT2D eigenvalue weighted by molar-refractivity contribution is -0.120. The van der Waals surface area contributed by atoms with E-state index < -0.39 is 12.1 Å². The number of fused-ring (bicyclic) bond motifs is 2. The van der Waals surface area contributed by atoms with Crippen LogP contribution >= 0.6 is 0 Å². The largest absolute Gasteiger partial charge is 0.485 e. The molecule has 1 heterocycles. The van der Waals surface area contributed by atoms with E-state index in [2.05, 4.69) is 10.6 Å². The highest BCUT2D eigenvalue weighted by atomic mass is 16.5. The third-order valence-electron chi connectivity index (χ3n) is 8.76. The minimum atomic E-state index is -0.503. The SMILES string of the molecule is C[C@H]1CN([C@@H](C)CO)C(=O)c2cccc(NC(=O)C3CCCCC3)c2O[C@H]1CN(C)C(=O)Nc1cccc2ccccc12. The molecule has 4 amide bonds. The molecule has 3 aromatic rings. The lowest BCUT2D eigenvalue weighted by Crippen LogP contribution is -2.50. The maximum Gasteiger partial charge on any atom is 0.321 e. The van der Waals surface area contributed by atoms with Crippen molar-refractivity contribution in [2.75, 3.05) is 37.4 Å². The van der Waals surface area contributed by atoms with E-state index >= 15 is 0 Å². The van der Waals surface area contributed by atoms with Crippen LogP contribution in [0.15, 0.2) is 60.7 Å². The number of rotatable bonds is 7. The average Bonchev–Trinajstić information content (AvgIpc) is 3.03. The van der Waals surface area contributed by atoms with Gasteiger partial charge in [-0.2, -0.15) is 0 Å². The van der Waals surface area contributed by atoms with E-state index in [1.807, 2.05) is 49.4 Å². The van der Waals surface area contributed by atoms with Gasteiger partial charge in [0.15, 0.2) is 5.75 Å². The molecule has 5 rings (SSSR count). The summed E-state index contributed by atoms with van der Waals surface area (Å²) in [6.07, 6.45) is 4.39. The van der Waals surface area contributed by atoms with Crippen molar-refractivity contribution in [2.45, 2.75) is 58.1 Å². The first-order valence-corrected chi connectivity index (χ1v) is 15.3. The average molecular weight is 587 g/mol. The summed E-state index contributed by atoms with van der Waals surface area (Å²) in [5, 5.41) is 18.0. The number of amides is 4. The van der Waals surface area contributed by atoms with E-state index in [0.717, 1.165) is 42.9 Å². The topological polar surface area (TPSA) is 111 Å². The van der Waals surface area contributed by atoms with E-state index in [4.69, 9.17) is 4.74 Å². The Morgan fingerprint density at radius 1 is 1.00 bits per heavy atom. The molecule has 9 heteroatoms. The van der Waals surface area contributed by atoms with Gasteiger partial charge in [-0.1, -0.05) is 68.7 Å². The van der Waals surface area contributed by atoms with Crippen molar-refractivity contribution < 1.29 is 24.2 Å². The Bertz CT molecular complexity index is 1460. The summed E-state index contributed by atoms with van der Waals surface area (Å²) < 4.78 is 6.60. The van der Waals surface area contributed by atoms with Gasteiger partial charge in [0, 0.05) is 30.8 Å². The Labute approximate surface area is 253 Å². The molecule has 1 aliphatic heterocycles. The number of aliphatic hydroxyl groups excluding tert-OH is 1. The van der Waals surface area contributed by atoms with Gasteiger partial charge < -0.3 is 30.3 Å². The fourth-order valence-corrected chi connectivity index (χ4v) is 6.06. The second-order valence-electron chi connectivity index (χ2n) is 12.0. The molecule has 3 aromatic carbocycles. The number of hydrogen-bond acceptors (Lipinski definition) is 5. The van der Waals surface area contributed by atoms with Gasteiger partial charge in [0.2, 0.25) is 5.91 Å². The normalized spacial score (nSPS) is 19.9. The quantitative estimate of drug-likeness (QED) is 0.327. The maximum absolute atomic E-state index is 13.8. The highest BCUT2D eigenvalue weighted by Gasteiger charge is 2.35. The molecule has 1 fully saturated rings. The van der Waals surface area contributed by atoms with Gasteiger partial charge >= 0.3 is 6.03 Å². The molecule has 0 saturated heterocycles. The lowest BCUT2D eigenvalue weighted by atomic mass is 9.88. The number of likely N-dealkylation sites (N-methyl/N-ethyl adjacent to an activating group) is 1. The Kier molecular flexibility index (Phi) is 9.50. The highest BCUT2D eigenvalue weighted by Crippen LogP contribution is 2.36. The van der Waals surface area contributed by atoms with Crippen LogP contribution in [-0.2, 0) is 4.79 Å². The van der Waals surface area contributed by atoms with Crippen molar-refractivity contribution in [1.82, 2.24) is 9.80 Å². The van der Waals surface area contributed by atoms with Gasteiger partial charge in [-0.25, -0.2) is 4.79 Å². The van der Waals surface area contributed by atoms with Crippen molar-refractivity contribution in [3.05, 3.63) is 66.2 Å². The molecule has 0 aromatic heterocycles. The molecule has 3 N–H and O–H groups in total. The Morgan fingerprint density at radius 3 is 2.47 bits per heavy atom. The van der Waals surface area contributed by atoms with Crippen molar-refractivity contribution in [2.24, 2.45) is 11.8 Å². The molecule has 0 radical (unpaired) electrons. The number of carbonyl (C=O) groups excluding carboxylic acids is 3. The first kappa shape index (κ1) is 30.4. The van der Waals surface area contributed by atoms with Gasteiger partial charge in [-0.15, -0.1) is 0 Å². The minimum absolute atomic E-state index is 0.0667. The monoisotopic (exact) mass is 586 g/mol. The van der Waals surface area contributed by atoms with Gasteiger partial charge in [-0.3, -0.25) is 9.59 Å². The molecule has 9 nitrogen and oxygen atoms in total. The fraction of sp³-hybridized carbons (Fsp3) is 0.441. The van der Waals surface area contributed by atoms with Crippen LogP contribution in [0.4, 0.5) is 16.2 Å². The Morgan fingerprint density at radius 2 is 1.70 bits per heavy atom. The molecule has 1 aliphatic carbocycles. The molecule has 0 bridgehead atoms. The van der Waals surface area contributed by atoms with Gasteiger partial charge in [0.05, 0.1) is 36.1 Å². The third-order valence-corrected chi connectivity index (χ3v) is 8.76. The van der Waals surface area contributed by atoms with Crippen LogP contribution in [0, 0.1) is 11.8 Å². The number of nitrogens with zero attached hydrogens (tertiary/aromatic N) is 2. The zero-order chi connectivity index (χ0) is 30.5. The van der Waals surface area contributed by atoms with Crippen LogP contribution in [0.2, 0.25) is 0 Å². The Hall–Kier alpha value is -4.11. The van der Waals surface area contributed by atoms with Crippen molar-refractivity contribution in [1.29, 1.82) is 0 Å². The number of aliphatic hydroxyl groups is 1. The summed E-state index contributed by atoms with van der Waals surface area (Å²) in [4.78, 5) is 43.6. The number of urea groups is 1. The summed E-state index contributed by atoms with van der Waals surface area (Å²) in [6, 6.07) is 18.1. The number of anilines is 2. The van der Waals surface area contributed by atoms with Gasteiger partial charge in [0.25, 0.3) is 5.91 Å². The first-order chi connectivity index (χ1) is 20.8. The van der Waals surface area contributed by atoms with Crippen LogP contribution in [0.3, 0.4) is 0 Å². The number of carbonyl (C=O) groups is 3. The number of hydrogen-bond donors (Lipinski definition) is 3. The van der Waals surface area contributed by atoms with Gasteiger partial charge in [-0.05, 0) is 43.4 Å². The molecule has 0 unspecified atom stereocenters. The second-order valence-corrected chi connectivity index (χ2v) is 12.0. The predicted molar refractivity (Wildman–Crippen MR) is 168 cm³/mol. The summed E-state index contributed by atoms with van der Waals surface area (Å²) in [5.74, 6) is -0.300. The second kappa shape index (κ2) is 13.5. The molecule has 0 spiro atoms. The molecule has 2 aliphatic rings. The van der Waals surface area contributed by atoms with Crippen LogP contribution in [0.1, 0.15) is 56.3 Å². The van der Waals surface area contributed by atoms with Crippen molar-refractivity contribution in [3.8, 4) is 5.75 Å². The van der Waals surface area contributed by atoms with E-state index in [1.54, 1.807) is 42.0 Å². The maximum atomic E-state index is 13.8. The van der Waals surface area contributed by atoms with Crippen LogP contribution in [0.5, 0.6) is 5.75 Å². The summed E-state index contributed by atoms with van der Waals surface area (Å²) in [7, 11) is 1.71. The number of benzene rings is 3. The van der Waals surface area contributed by atoms with E-state index in [0.29, 0.717) is 29.2 Å². The molecular formula is C34H42N4O5. The van der Waals surface area contributed by atoms with Crippen molar-refractivity contribution >= 4 is 40.0 Å². The lowest BCUT2D eigenvalue weighted by Gasteiger charge is -2.38. The molecule has 3 atom stereocenters. The van der Waals surface area contributed by atoms with Crippen molar-refractivity contribution in [3.63, 3.8) is 0 Å². The molecule has 228 valence electrons. The number of ether oxygens (including phenoxy) is 1. The fourth-order valence-electron chi connectivity index (χ4n) is 6.06. The standard InChI is InChI=1S/C34H42N4O5/c1-22-19-38(23(2)21-39)33(41)27-16-10-18-29(35-32(40)25-12-5-4-6-13-25)31(27)43-30(22)20-37(3)34(42)36-28-17-9-14-24-11-7-8-15-26(24)28/h7-11,14-18,22-23,25,30,39H,4-6,12-13,19-21H2,1-3H3,(H,35,40)(H,36,42)/t22-,23-,30-/m0/s1. The van der Waals surface area contributed by atoms with E-state index in [9.17, 15) is 19.5 Å². The minimum Gasteiger partial charge on any atom is -0.485 e. The zero-order valence-corrected chi connectivity index (χ0v) is 25.2. The highest BCUT2D eigenvalue weighted by molar-refractivity contribution is 6.03. The smallest absolute Gasteiger partial charge is 0.321 e. The molecule has 43 heavy (non-hydrogen) atoms. The summed E-state index contributed by atoms with van der Waals surface area (Å²) in [5.41, 5.74) is 1.48. The molecular weight excluding hydrogens is 544 g/mol. The summed E-state index contributed by atoms with van der Waals surface area (Å²) in [6.45, 7) is 4.16. The summed E-state index contributed by atoms with van der Waals surface area (Å²) >= 11 is 0. The molecule has 1 saturated carbocycles. The number of nitrogens with one attached hydrogen (secondary N) is 2. The van der Waals surface area contributed by atoms with E-state index in [-0.39, 0.29) is 42.8 Å².